The first-order chi connectivity index (χ1) is 16.9. The lowest BCUT2D eigenvalue weighted by Gasteiger charge is -2.32. The molecular formula is C27H29N5O3. The van der Waals surface area contributed by atoms with Crippen LogP contribution in [0.5, 0.6) is 5.75 Å². The zero-order valence-electron chi connectivity index (χ0n) is 20.2. The zero-order chi connectivity index (χ0) is 24.9. The van der Waals surface area contributed by atoms with Gasteiger partial charge < -0.3 is 15.0 Å². The molecule has 1 amide bonds. The quantitative estimate of drug-likeness (QED) is 0.428. The molecule has 0 spiro atoms. The van der Waals surface area contributed by atoms with E-state index in [4.69, 9.17) is 9.72 Å². The van der Waals surface area contributed by atoms with Crippen LogP contribution in [0, 0.1) is 24.2 Å². The Bertz CT molecular complexity index is 1370. The van der Waals surface area contributed by atoms with Crippen LogP contribution in [0.1, 0.15) is 37.8 Å². The van der Waals surface area contributed by atoms with E-state index < -0.39 is 5.91 Å². The molecule has 180 valence electrons. The fourth-order valence-corrected chi connectivity index (χ4v) is 4.34. The molecule has 3 aromatic rings. The molecule has 0 unspecified atom stereocenters. The molecule has 3 heterocycles. The third kappa shape index (κ3) is 5.19. The van der Waals surface area contributed by atoms with Gasteiger partial charge in [-0.05, 0) is 74.6 Å². The first-order valence-corrected chi connectivity index (χ1v) is 11.8. The lowest BCUT2D eigenvalue weighted by molar-refractivity contribution is -0.112. The first kappa shape index (κ1) is 24.0. The van der Waals surface area contributed by atoms with Crippen molar-refractivity contribution in [2.75, 3.05) is 29.9 Å². The standard InChI is InChI=1S/C27H29N5O3/c1-4-35-22-11-9-21(10-12-22)29-26(33)20(16-28)15-23-25(31-13-5-7-18(2)17-31)30-24-19(3)8-6-14-32(24)27(23)34/h6,8-12,14-15,18H,4-5,7,13,17H2,1-3H3,(H,29,33)/b20-15+/t18-/m0/s1. The number of hydrogen-bond acceptors (Lipinski definition) is 6. The Balaban J connectivity index is 1.76. The van der Waals surface area contributed by atoms with Crippen LogP contribution in [0.2, 0.25) is 0 Å². The molecule has 1 N–H and O–H groups in total. The molecule has 2 aromatic heterocycles. The fraction of sp³-hybridized carbons (Fsp3) is 0.333. The van der Waals surface area contributed by atoms with Gasteiger partial charge in [-0.15, -0.1) is 0 Å². The van der Waals surface area contributed by atoms with E-state index in [0.29, 0.717) is 35.4 Å². The van der Waals surface area contributed by atoms with Crippen LogP contribution >= 0.6 is 0 Å². The minimum Gasteiger partial charge on any atom is -0.494 e. The fourth-order valence-electron chi connectivity index (χ4n) is 4.34. The maximum atomic E-state index is 13.6. The smallest absolute Gasteiger partial charge is 0.267 e. The summed E-state index contributed by atoms with van der Waals surface area (Å²) in [6.45, 7) is 8.04. The summed E-state index contributed by atoms with van der Waals surface area (Å²) >= 11 is 0. The van der Waals surface area contributed by atoms with Crippen molar-refractivity contribution in [3.05, 3.63) is 69.6 Å². The number of hydrogen-bond donors (Lipinski definition) is 1. The molecule has 1 aliphatic heterocycles. The van der Waals surface area contributed by atoms with Crippen LogP contribution in [-0.4, -0.2) is 35.0 Å². The van der Waals surface area contributed by atoms with E-state index in [-0.39, 0.29) is 16.7 Å². The van der Waals surface area contributed by atoms with Crippen molar-refractivity contribution < 1.29 is 9.53 Å². The summed E-state index contributed by atoms with van der Waals surface area (Å²) in [5.41, 5.74) is 1.72. The van der Waals surface area contributed by atoms with Crippen molar-refractivity contribution in [2.45, 2.75) is 33.6 Å². The molecule has 0 radical (unpaired) electrons. The maximum Gasteiger partial charge on any atom is 0.267 e. The molecule has 8 nitrogen and oxygen atoms in total. The van der Waals surface area contributed by atoms with Crippen LogP contribution in [0.15, 0.2) is 53.0 Å². The lowest BCUT2D eigenvalue weighted by atomic mass is 10.00. The second-order valence-corrected chi connectivity index (χ2v) is 8.81. The average molecular weight is 472 g/mol. The predicted molar refractivity (Wildman–Crippen MR) is 137 cm³/mol. The van der Waals surface area contributed by atoms with Gasteiger partial charge in [0.05, 0.1) is 12.2 Å². The van der Waals surface area contributed by atoms with Crippen LogP contribution in [0.25, 0.3) is 11.7 Å². The number of nitrogens with one attached hydrogen (secondary N) is 1. The summed E-state index contributed by atoms with van der Waals surface area (Å²) in [6.07, 6.45) is 5.12. The summed E-state index contributed by atoms with van der Waals surface area (Å²) in [4.78, 5) is 33.4. The summed E-state index contributed by atoms with van der Waals surface area (Å²) < 4.78 is 6.89. The van der Waals surface area contributed by atoms with Crippen molar-refractivity contribution >= 4 is 29.1 Å². The summed E-state index contributed by atoms with van der Waals surface area (Å²) in [5.74, 6) is 1.06. The second kappa shape index (κ2) is 10.4. The normalized spacial score (nSPS) is 16.1. The van der Waals surface area contributed by atoms with E-state index in [9.17, 15) is 14.9 Å². The average Bonchev–Trinajstić information content (AvgIpc) is 2.85. The van der Waals surface area contributed by atoms with Crippen LogP contribution < -0.4 is 20.5 Å². The molecule has 1 fully saturated rings. The molecular weight excluding hydrogens is 442 g/mol. The second-order valence-electron chi connectivity index (χ2n) is 8.81. The van der Waals surface area contributed by atoms with Crippen molar-refractivity contribution in [2.24, 2.45) is 5.92 Å². The van der Waals surface area contributed by atoms with Crippen LogP contribution in [0.4, 0.5) is 11.5 Å². The maximum absolute atomic E-state index is 13.6. The number of piperidine rings is 1. The predicted octanol–water partition coefficient (Wildman–Crippen LogP) is 4.18. The third-order valence-corrected chi connectivity index (χ3v) is 6.10. The van der Waals surface area contributed by atoms with Crippen molar-refractivity contribution in [3.63, 3.8) is 0 Å². The Kier molecular flexibility index (Phi) is 7.16. The molecule has 1 atom stereocenters. The highest BCUT2D eigenvalue weighted by molar-refractivity contribution is 6.10. The van der Waals surface area contributed by atoms with Gasteiger partial charge in [0.15, 0.2) is 0 Å². The van der Waals surface area contributed by atoms with Crippen molar-refractivity contribution in [1.82, 2.24) is 9.38 Å². The molecule has 4 rings (SSSR count). The first-order valence-electron chi connectivity index (χ1n) is 11.8. The highest BCUT2D eigenvalue weighted by Gasteiger charge is 2.24. The third-order valence-electron chi connectivity index (χ3n) is 6.10. The molecule has 1 aliphatic rings. The molecule has 0 bridgehead atoms. The van der Waals surface area contributed by atoms with Gasteiger partial charge in [-0.2, -0.15) is 5.26 Å². The molecule has 8 heteroatoms. The van der Waals surface area contributed by atoms with E-state index in [2.05, 4.69) is 17.1 Å². The number of nitriles is 1. The van der Waals surface area contributed by atoms with E-state index in [0.717, 1.165) is 31.5 Å². The number of anilines is 2. The van der Waals surface area contributed by atoms with Gasteiger partial charge in [0.1, 0.15) is 28.9 Å². The zero-order valence-corrected chi connectivity index (χ0v) is 20.2. The summed E-state index contributed by atoms with van der Waals surface area (Å²) in [6, 6.07) is 12.5. The Morgan fingerprint density at radius 2 is 2.09 bits per heavy atom. The van der Waals surface area contributed by atoms with Gasteiger partial charge in [0, 0.05) is 25.0 Å². The monoisotopic (exact) mass is 471 g/mol. The largest absolute Gasteiger partial charge is 0.494 e. The van der Waals surface area contributed by atoms with E-state index in [1.165, 1.54) is 10.5 Å². The molecule has 0 aliphatic carbocycles. The van der Waals surface area contributed by atoms with E-state index >= 15 is 0 Å². The van der Waals surface area contributed by atoms with Crippen molar-refractivity contribution in [1.29, 1.82) is 5.26 Å². The van der Waals surface area contributed by atoms with Crippen LogP contribution in [-0.2, 0) is 4.79 Å². The highest BCUT2D eigenvalue weighted by atomic mass is 16.5. The number of fused-ring (bicyclic) bond motifs is 1. The summed E-state index contributed by atoms with van der Waals surface area (Å²) in [7, 11) is 0. The van der Waals surface area contributed by atoms with E-state index in [1.54, 1.807) is 36.5 Å². The van der Waals surface area contributed by atoms with Crippen LogP contribution in [0.3, 0.4) is 0 Å². The Morgan fingerprint density at radius 3 is 2.77 bits per heavy atom. The topological polar surface area (TPSA) is 99.7 Å². The van der Waals surface area contributed by atoms with Gasteiger partial charge >= 0.3 is 0 Å². The number of rotatable bonds is 6. The summed E-state index contributed by atoms with van der Waals surface area (Å²) in [5, 5.41) is 12.5. The van der Waals surface area contributed by atoms with Gasteiger partial charge in [-0.25, -0.2) is 4.98 Å². The molecule has 35 heavy (non-hydrogen) atoms. The molecule has 1 saturated heterocycles. The molecule has 0 saturated carbocycles. The number of nitrogens with zero attached hydrogens (tertiary/aromatic N) is 4. The highest BCUT2D eigenvalue weighted by Crippen LogP contribution is 2.26. The Hall–Kier alpha value is -4.12. The van der Waals surface area contributed by atoms with Crippen molar-refractivity contribution in [3.8, 4) is 11.8 Å². The number of aromatic nitrogens is 2. The number of carbonyl (C=O) groups excluding carboxylic acids is 1. The minimum absolute atomic E-state index is 0.170. The van der Waals surface area contributed by atoms with Gasteiger partial charge in [-0.3, -0.25) is 14.0 Å². The van der Waals surface area contributed by atoms with Gasteiger partial charge in [-0.1, -0.05) is 13.0 Å². The number of pyridine rings is 1. The van der Waals surface area contributed by atoms with E-state index in [1.807, 2.05) is 26.0 Å². The molecule has 1 aromatic carbocycles. The SMILES string of the molecule is CCOc1ccc(NC(=O)/C(C#N)=C/c2c(N3CCC[C@H](C)C3)nc3c(C)cccn3c2=O)cc1. The Labute approximate surface area is 204 Å². The Morgan fingerprint density at radius 1 is 1.31 bits per heavy atom. The minimum atomic E-state index is -0.594. The number of aryl methyl sites for hydroxylation is 1. The van der Waals surface area contributed by atoms with Gasteiger partial charge in [0.25, 0.3) is 11.5 Å². The number of amides is 1. The number of ether oxygens (including phenoxy) is 1. The lowest BCUT2D eigenvalue weighted by Crippen LogP contribution is -2.37. The van der Waals surface area contributed by atoms with Gasteiger partial charge in [0.2, 0.25) is 0 Å². The number of benzene rings is 1. The number of carbonyl (C=O) groups is 1.